The van der Waals surface area contributed by atoms with Gasteiger partial charge in [0.25, 0.3) is 23.6 Å². The Hall–Kier alpha value is -11.6. The Morgan fingerprint density at radius 1 is 0.521 bits per heavy atom. The lowest BCUT2D eigenvalue weighted by Crippen LogP contribution is -2.58. The van der Waals surface area contributed by atoms with Crippen molar-refractivity contribution in [2.75, 3.05) is 13.2 Å². The number of carboxylic acids is 1. The van der Waals surface area contributed by atoms with Gasteiger partial charge in [-0.25, -0.2) is 33.6 Å². The first-order valence-electron chi connectivity index (χ1n) is 41.4. The van der Waals surface area contributed by atoms with Crippen molar-refractivity contribution in [2.45, 2.75) is 236 Å². The van der Waals surface area contributed by atoms with Crippen LogP contribution in [-0.4, -0.2) is 156 Å². The number of amides is 5. The molecule has 13 N–H and O–H groups in total. The van der Waals surface area contributed by atoms with E-state index in [1.807, 2.05) is 79.0 Å². The summed E-state index contributed by atoms with van der Waals surface area (Å²) in [6, 6.07) is 29.9. The summed E-state index contributed by atoms with van der Waals surface area (Å²) in [5.74, 6) is 0.242. The van der Waals surface area contributed by atoms with Crippen molar-refractivity contribution in [2.24, 2.45) is 39.2 Å². The molecule has 8 fully saturated rings. The monoisotopic (exact) mass is 1620 g/mol. The number of aromatic nitrogens is 9. The number of nitrogens with two attached hydrogens (primary N) is 4. The van der Waals surface area contributed by atoms with Crippen molar-refractivity contribution in [3.05, 3.63) is 178 Å². The van der Waals surface area contributed by atoms with Gasteiger partial charge in [-0.1, -0.05) is 44.2 Å². The van der Waals surface area contributed by atoms with Crippen LogP contribution in [0, 0.1) is 16.2 Å². The standard InChI is InChI=1S/C32H39N5O5.C24H24N4O4.C16H18N4O2.C15H18N2O4.C2H6/c1-31(2,40)17-41-26-10-9-25-23(16-34-37(25)27(26)18-7-8-18)29(39)35-20-12-32(13-20)14-21(15-32)42-30-22(28(33)38)11-19-5-3-4-6-24(19)36-30;25-20(29)19-9-16-7-4-8-26-21(16)28-22(19)32-18-12-24(13-18)10-17(11-24)27-23(30)31-14-15-5-2-1-3-6-15;17-10-5-16(6-10)7-11(8-16)22-15-12(13(18)21)4-9-2-1-3-19-14(9)20-15;1-15(2,20)8-21-12-6-5-11-10(14(18)19)7-16-17(11)13(12)9-3-4-9;1-2/h9-11,16,18,20-21,40H,3-8,12-15,17H2,1-2H3,(H2,33,38)(H,35,39);1-9,17-18H,10-14H2,(H2,25,29)(H,27,30);1-4,10-11H,5-8,17H2,(H2,18,21);5-7,9,20H,3-4,8H2,1-2H3,(H,18,19);1-2H3. The van der Waals surface area contributed by atoms with E-state index in [1.165, 1.54) is 6.20 Å². The second-order valence-corrected chi connectivity index (χ2v) is 35.0. The lowest BCUT2D eigenvalue weighted by molar-refractivity contribution is -0.0858. The smallest absolute Gasteiger partial charge is 0.407 e. The summed E-state index contributed by atoms with van der Waals surface area (Å²) in [6.07, 6.45) is 25.4. The van der Waals surface area contributed by atoms with Gasteiger partial charge in [-0.3, -0.25) is 19.2 Å². The van der Waals surface area contributed by atoms with Crippen LogP contribution in [0.15, 0.2) is 122 Å². The molecule has 0 unspecified atom stereocenters. The number of fused-ring (bicyclic) bond motifs is 5. The van der Waals surface area contributed by atoms with Crippen LogP contribution in [0.25, 0.3) is 33.1 Å². The second-order valence-electron chi connectivity index (χ2n) is 35.0. The first-order valence-corrected chi connectivity index (χ1v) is 41.4. The van der Waals surface area contributed by atoms with E-state index >= 15 is 0 Å². The molecule has 19 rings (SSSR count). The molecule has 626 valence electrons. The molecule has 9 aliphatic carbocycles. The minimum atomic E-state index is -0.989. The van der Waals surface area contributed by atoms with E-state index in [1.54, 1.807) is 87.2 Å². The number of alkyl carbamates (subject to hydrolysis) is 1. The second kappa shape index (κ2) is 33.6. The Kier molecular flexibility index (Phi) is 23.3. The van der Waals surface area contributed by atoms with Crippen LogP contribution in [0.1, 0.15) is 249 Å². The highest BCUT2D eigenvalue weighted by atomic mass is 16.5. The molecule has 30 nitrogen and oxygen atoms in total. The first kappa shape index (κ1) is 82.5. The van der Waals surface area contributed by atoms with E-state index in [9.17, 15) is 44.1 Å². The lowest BCUT2D eigenvalue weighted by Gasteiger charge is -2.57. The number of aliphatic hydroxyl groups is 2. The molecule has 9 heterocycles. The third-order valence-electron chi connectivity index (χ3n) is 23.9. The van der Waals surface area contributed by atoms with Crippen molar-refractivity contribution in [1.82, 2.24) is 54.8 Å². The summed E-state index contributed by atoms with van der Waals surface area (Å²) >= 11 is 0. The number of primary amides is 3. The molecule has 0 radical (unpaired) electrons. The predicted octanol–water partition coefficient (Wildman–Crippen LogP) is 11.7. The van der Waals surface area contributed by atoms with E-state index in [0.717, 1.165) is 173 Å². The number of carbonyl (C=O) groups excluding carboxylic acids is 5. The van der Waals surface area contributed by atoms with Gasteiger partial charge < -0.3 is 77.3 Å². The van der Waals surface area contributed by atoms with Gasteiger partial charge in [0.1, 0.15) is 71.9 Å². The fourth-order valence-electron chi connectivity index (χ4n) is 17.9. The zero-order valence-electron chi connectivity index (χ0n) is 68.0. The summed E-state index contributed by atoms with van der Waals surface area (Å²) in [6.45, 7) is 11.4. The number of aryl methyl sites for hydroxylation is 2. The molecule has 30 heteroatoms. The van der Waals surface area contributed by atoms with Crippen molar-refractivity contribution >= 4 is 68.8 Å². The zero-order chi connectivity index (χ0) is 83.9. The highest BCUT2D eigenvalue weighted by Gasteiger charge is 2.57. The molecule has 1 aromatic carbocycles. The van der Waals surface area contributed by atoms with Gasteiger partial charge in [-0.2, -0.15) is 20.2 Å². The number of carbonyl (C=O) groups is 6. The molecule has 0 atom stereocenters. The van der Waals surface area contributed by atoms with Gasteiger partial charge in [-0.05, 0) is 250 Å². The Balaban J connectivity index is 0.000000128. The van der Waals surface area contributed by atoms with Crippen LogP contribution in [0.3, 0.4) is 0 Å². The maximum atomic E-state index is 13.3. The number of hydrogen-bond donors (Lipinski definition) is 9. The molecule has 5 amide bonds. The quantitative estimate of drug-likeness (QED) is 0.0287. The number of nitrogens with zero attached hydrogens (tertiary/aromatic N) is 9. The minimum Gasteiger partial charge on any atom is -0.489 e. The van der Waals surface area contributed by atoms with Crippen LogP contribution in [0.5, 0.6) is 29.1 Å². The summed E-state index contributed by atoms with van der Waals surface area (Å²) in [5.41, 5.74) is 30.4. The van der Waals surface area contributed by atoms with Crippen molar-refractivity contribution in [3.63, 3.8) is 0 Å². The van der Waals surface area contributed by atoms with Crippen molar-refractivity contribution in [3.8, 4) is 29.1 Å². The number of carboxylic acid groups (broad SMARTS) is 1. The van der Waals surface area contributed by atoms with Crippen LogP contribution >= 0.6 is 0 Å². The molecule has 0 saturated heterocycles. The van der Waals surface area contributed by atoms with Crippen LogP contribution < -0.4 is 57.3 Å². The van der Waals surface area contributed by atoms with Gasteiger partial charge in [-0.15, -0.1) is 0 Å². The summed E-state index contributed by atoms with van der Waals surface area (Å²) in [4.78, 5) is 94.0. The number of hydrogen-bond acceptors (Lipinski definition) is 22. The van der Waals surface area contributed by atoms with Crippen molar-refractivity contribution in [1.29, 1.82) is 0 Å². The molecule has 9 aliphatic rings. The molecule has 10 aromatic rings. The van der Waals surface area contributed by atoms with E-state index < -0.39 is 34.9 Å². The van der Waals surface area contributed by atoms with E-state index in [4.69, 9.17) is 56.3 Å². The van der Waals surface area contributed by atoms with E-state index in [-0.39, 0.29) is 90.1 Å². The lowest BCUT2D eigenvalue weighted by atomic mass is 9.53. The Morgan fingerprint density at radius 3 is 1.41 bits per heavy atom. The van der Waals surface area contributed by atoms with Crippen LogP contribution in [0.2, 0.25) is 0 Å². The number of rotatable bonds is 23. The van der Waals surface area contributed by atoms with Gasteiger partial charge in [0.2, 0.25) is 17.6 Å². The SMILES string of the molecule is CC.CC(C)(O)COc1ccc2c(C(=O)NC3CC4(C3)CC(Oc3nc5c(cc3C(N)=O)CCCC5)C4)cnn2c1C1CC1.CC(C)(O)COc1ccc2c(C(=O)O)cnn2c1C1CC1.NC(=O)c1cc2cccnc2nc1OC1CC2(CC(N)C2)C1.NC(=O)c1cc2cccnc2nc1OC1CC2(CC(NC(=O)OCc3ccccc3)C2)C1. The normalized spacial score (nSPS) is 23.5. The fourth-order valence-corrected chi connectivity index (χ4v) is 17.9. The number of benzene rings is 1. The van der Waals surface area contributed by atoms with Crippen LogP contribution in [0.4, 0.5) is 4.79 Å². The maximum absolute atomic E-state index is 13.3. The molecule has 0 bridgehead atoms. The summed E-state index contributed by atoms with van der Waals surface area (Å²) < 4.78 is 38.6. The average Bonchev–Trinajstić information content (AvgIpc) is 1.71. The molecule has 9 aromatic heterocycles. The third-order valence-corrected chi connectivity index (χ3v) is 23.9. The van der Waals surface area contributed by atoms with Gasteiger partial charge in [0.05, 0.1) is 51.6 Å². The predicted molar refractivity (Wildman–Crippen MR) is 440 cm³/mol. The van der Waals surface area contributed by atoms with Gasteiger partial charge in [0, 0.05) is 58.8 Å². The van der Waals surface area contributed by atoms with Gasteiger partial charge >= 0.3 is 12.1 Å². The van der Waals surface area contributed by atoms with E-state index in [2.05, 4.69) is 40.8 Å². The fraction of sp³-hybridized carbons (Fsp3) is 0.472. The Bertz CT molecular complexity index is 5460. The highest BCUT2D eigenvalue weighted by Crippen LogP contribution is 2.59. The molecule has 119 heavy (non-hydrogen) atoms. The van der Waals surface area contributed by atoms with Gasteiger partial charge in [0.15, 0.2) is 11.3 Å². The maximum Gasteiger partial charge on any atom is 0.407 e. The molecule has 8 saturated carbocycles. The van der Waals surface area contributed by atoms with E-state index in [0.29, 0.717) is 80.1 Å². The number of pyridine rings is 7. The van der Waals surface area contributed by atoms with Crippen molar-refractivity contribution < 1.29 is 72.5 Å². The summed E-state index contributed by atoms with van der Waals surface area (Å²) in [5, 5.41) is 45.5. The summed E-state index contributed by atoms with van der Waals surface area (Å²) in [7, 11) is 0. The van der Waals surface area contributed by atoms with Crippen LogP contribution in [-0.2, 0) is 24.2 Å². The average molecular weight is 1620 g/mol. The first-order chi connectivity index (χ1) is 57.0. The number of nitrogens with one attached hydrogen (secondary N) is 2. The minimum absolute atomic E-state index is 0.00202. The topological polar surface area (TPSA) is 446 Å². The third kappa shape index (κ3) is 18.8. The Morgan fingerprint density at radius 2 is 0.958 bits per heavy atom. The molecule has 0 aliphatic heterocycles. The number of ether oxygens (including phenoxy) is 6. The molecular weight excluding hydrogens is 1520 g/mol. The largest absolute Gasteiger partial charge is 0.489 e. The Labute approximate surface area is 688 Å². The zero-order valence-corrected chi connectivity index (χ0v) is 68.0. The highest BCUT2D eigenvalue weighted by molar-refractivity contribution is 6.02. The molecular formula is C89H105N15O15. The molecule has 3 spiro atoms. The number of aromatic carboxylic acids is 1.